The third kappa shape index (κ3) is 5.81. The van der Waals surface area contributed by atoms with Crippen LogP contribution in [0.4, 0.5) is 0 Å². The Hall–Kier alpha value is -2.26. The first kappa shape index (κ1) is 23.9. The number of hydrogen-bond donors (Lipinski definition) is 0. The van der Waals surface area contributed by atoms with Gasteiger partial charge in [0.15, 0.2) is 0 Å². The monoisotopic (exact) mass is 470 g/mol. The molecule has 0 unspecified atom stereocenters. The Kier molecular flexibility index (Phi) is 7.48. The predicted molar refractivity (Wildman–Crippen MR) is 129 cm³/mol. The van der Waals surface area contributed by atoms with Crippen LogP contribution in [0.15, 0.2) is 53.4 Å². The summed E-state index contributed by atoms with van der Waals surface area (Å²) < 4.78 is 27.5. The number of benzene rings is 2. The first-order valence-corrected chi connectivity index (χ1v) is 13.1. The second kappa shape index (κ2) is 10.3. The van der Waals surface area contributed by atoms with Crippen molar-refractivity contribution < 1.29 is 13.2 Å². The summed E-state index contributed by atoms with van der Waals surface area (Å²) in [5, 5.41) is 0. The molecule has 2 aliphatic heterocycles. The summed E-state index contributed by atoms with van der Waals surface area (Å²) in [5.41, 5.74) is 3.36. The van der Waals surface area contributed by atoms with Crippen molar-refractivity contribution in [2.45, 2.75) is 25.3 Å². The number of carbonyl (C=O) groups excluding carboxylic acids is 1. The van der Waals surface area contributed by atoms with Crippen molar-refractivity contribution in [1.82, 2.24) is 19.0 Å². The summed E-state index contributed by atoms with van der Waals surface area (Å²) >= 11 is 0. The summed E-state index contributed by atoms with van der Waals surface area (Å²) in [6.45, 7) is 10.5. The SMILES string of the molecule is Cc1ccc(S(=O)(=O)N2CCN(C(=O)CN3CCN(Cc4ccccc4)CC3)CC2)cc1C. The van der Waals surface area contributed by atoms with Gasteiger partial charge >= 0.3 is 0 Å². The Morgan fingerprint density at radius 3 is 2.06 bits per heavy atom. The molecule has 0 atom stereocenters. The van der Waals surface area contributed by atoms with E-state index in [-0.39, 0.29) is 5.91 Å². The number of hydrogen-bond acceptors (Lipinski definition) is 5. The van der Waals surface area contributed by atoms with Gasteiger partial charge in [-0.3, -0.25) is 14.6 Å². The zero-order chi connectivity index (χ0) is 23.4. The zero-order valence-corrected chi connectivity index (χ0v) is 20.4. The van der Waals surface area contributed by atoms with E-state index in [0.717, 1.165) is 43.9 Å². The van der Waals surface area contributed by atoms with E-state index in [1.54, 1.807) is 12.1 Å². The average Bonchev–Trinajstić information content (AvgIpc) is 2.83. The van der Waals surface area contributed by atoms with Crippen LogP contribution in [0.2, 0.25) is 0 Å². The fourth-order valence-electron chi connectivity index (χ4n) is 4.44. The van der Waals surface area contributed by atoms with E-state index in [1.807, 2.05) is 30.9 Å². The topological polar surface area (TPSA) is 64.2 Å². The number of aryl methyl sites for hydroxylation is 2. The quantitative estimate of drug-likeness (QED) is 0.646. The molecule has 0 bridgehead atoms. The molecule has 2 heterocycles. The summed E-state index contributed by atoms with van der Waals surface area (Å²) in [7, 11) is -3.53. The lowest BCUT2D eigenvalue weighted by atomic mass is 10.1. The smallest absolute Gasteiger partial charge is 0.243 e. The summed E-state index contributed by atoms with van der Waals surface area (Å²) in [4.78, 5) is 19.6. The molecule has 2 saturated heterocycles. The molecule has 7 nitrogen and oxygen atoms in total. The lowest BCUT2D eigenvalue weighted by Crippen LogP contribution is -2.54. The van der Waals surface area contributed by atoms with Crippen LogP contribution in [0.1, 0.15) is 16.7 Å². The highest BCUT2D eigenvalue weighted by molar-refractivity contribution is 7.89. The maximum atomic E-state index is 13.0. The van der Waals surface area contributed by atoms with E-state index in [2.05, 4.69) is 34.1 Å². The van der Waals surface area contributed by atoms with E-state index in [1.165, 1.54) is 9.87 Å². The number of nitrogens with zero attached hydrogens (tertiary/aromatic N) is 4. The number of carbonyl (C=O) groups is 1. The molecule has 0 N–H and O–H groups in total. The van der Waals surface area contributed by atoms with Gasteiger partial charge in [-0.15, -0.1) is 0 Å². The molecule has 0 radical (unpaired) electrons. The molecule has 1 amide bonds. The van der Waals surface area contributed by atoms with Crippen molar-refractivity contribution in [3.63, 3.8) is 0 Å². The standard InChI is InChI=1S/C25H34N4O3S/c1-21-8-9-24(18-22(21)2)33(31,32)29-16-14-28(15-17-29)25(30)20-27-12-10-26(11-13-27)19-23-6-4-3-5-7-23/h3-9,18H,10-17,19-20H2,1-2H3. The summed E-state index contributed by atoms with van der Waals surface area (Å²) in [6.07, 6.45) is 0. The Bertz CT molecular complexity index is 1060. The van der Waals surface area contributed by atoms with E-state index in [0.29, 0.717) is 37.6 Å². The fraction of sp³-hybridized carbons (Fsp3) is 0.480. The van der Waals surface area contributed by atoms with Gasteiger partial charge in [-0.2, -0.15) is 4.31 Å². The molecule has 33 heavy (non-hydrogen) atoms. The van der Waals surface area contributed by atoms with Crippen LogP contribution in [0.25, 0.3) is 0 Å². The van der Waals surface area contributed by atoms with Gasteiger partial charge in [0.25, 0.3) is 0 Å². The van der Waals surface area contributed by atoms with Crippen LogP contribution in [0.3, 0.4) is 0 Å². The number of rotatable bonds is 6. The van der Waals surface area contributed by atoms with Crippen LogP contribution in [-0.2, 0) is 21.4 Å². The fourth-order valence-corrected chi connectivity index (χ4v) is 5.95. The zero-order valence-electron chi connectivity index (χ0n) is 19.6. The molecule has 2 aliphatic rings. The third-order valence-corrected chi connectivity index (χ3v) is 8.67. The number of amides is 1. The minimum Gasteiger partial charge on any atom is -0.339 e. The van der Waals surface area contributed by atoms with E-state index < -0.39 is 10.0 Å². The molecule has 8 heteroatoms. The molecule has 2 aromatic rings. The lowest BCUT2D eigenvalue weighted by Gasteiger charge is -2.37. The van der Waals surface area contributed by atoms with Gasteiger partial charge in [0.05, 0.1) is 11.4 Å². The van der Waals surface area contributed by atoms with Crippen molar-refractivity contribution in [2.75, 3.05) is 58.9 Å². The largest absolute Gasteiger partial charge is 0.339 e. The van der Waals surface area contributed by atoms with Gasteiger partial charge in [0, 0.05) is 58.9 Å². The molecule has 0 spiro atoms. The summed E-state index contributed by atoms with van der Waals surface area (Å²) in [6, 6.07) is 15.7. The van der Waals surface area contributed by atoms with Crippen molar-refractivity contribution in [3.8, 4) is 0 Å². The van der Waals surface area contributed by atoms with Crippen LogP contribution in [0.5, 0.6) is 0 Å². The first-order valence-electron chi connectivity index (χ1n) is 11.7. The number of piperazine rings is 2. The predicted octanol–water partition coefficient (Wildman–Crippen LogP) is 1.95. The Morgan fingerprint density at radius 1 is 0.788 bits per heavy atom. The number of sulfonamides is 1. The highest BCUT2D eigenvalue weighted by Crippen LogP contribution is 2.20. The molecular weight excluding hydrogens is 436 g/mol. The van der Waals surface area contributed by atoms with Gasteiger partial charge in [-0.05, 0) is 42.7 Å². The third-order valence-electron chi connectivity index (χ3n) is 6.78. The maximum Gasteiger partial charge on any atom is 0.243 e. The minimum atomic E-state index is -3.53. The Balaban J connectivity index is 1.24. The van der Waals surface area contributed by atoms with Crippen molar-refractivity contribution in [2.24, 2.45) is 0 Å². The molecule has 0 aromatic heterocycles. The molecule has 0 saturated carbocycles. The van der Waals surface area contributed by atoms with Gasteiger partial charge in [0.2, 0.25) is 15.9 Å². The van der Waals surface area contributed by atoms with Gasteiger partial charge < -0.3 is 4.90 Å². The van der Waals surface area contributed by atoms with Gasteiger partial charge in [-0.25, -0.2) is 8.42 Å². The second-order valence-electron chi connectivity index (χ2n) is 9.07. The molecule has 0 aliphatic carbocycles. The van der Waals surface area contributed by atoms with Gasteiger partial charge in [-0.1, -0.05) is 36.4 Å². The summed E-state index contributed by atoms with van der Waals surface area (Å²) in [5.74, 6) is 0.0923. The van der Waals surface area contributed by atoms with Crippen LogP contribution >= 0.6 is 0 Å². The average molecular weight is 471 g/mol. The van der Waals surface area contributed by atoms with Crippen molar-refractivity contribution in [3.05, 3.63) is 65.2 Å². The van der Waals surface area contributed by atoms with Crippen molar-refractivity contribution >= 4 is 15.9 Å². The van der Waals surface area contributed by atoms with Crippen LogP contribution in [0, 0.1) is 13.8 Å². The van der Waals surface area contributed by atoms with E-state index in [9.17, 15) is 13.2 Å². The molecule has 178 valence electrons. The van der Waals surface area contributed by atoms with Crippen molar-refractivity contribution in [1.29, 1.82) is 0 Å². The van der Waals surface area contributed by atoms with Crippen LogP contribution < -0.4 is 0 Å². The van der Waals surface area contributed by atoms with Gasteiger partial charge in [0.1, 0.15) is 0 Å². The Labute approximate surface area is 197 Å². The van der Waals surface area contributed by atoms with E-state index >= 15 is 0 Å². The van der Waals surface area contributed by atoms with Crippen LogP contribution in [-0.4, -0.2) is 92.2 Å². The molecular formula is C25H34N4O3S. The second-order valence-corrected chi connectivity index (χ2v) is 11.0. The normalized spacial score (nSPS) is 19.0. The molecule has 2 fully saturated rings. The Morgan fingerprint density at radius 2 is 1.42 bits per heavy atom. The first-order chi connectivity index (χ1) is 15.8. The highest BCUT2D eigenvalue weighted by Gasteiger charge is 2.31. The minimum absolute atomic E-state index is 0.0923. The maximum absolute atomic E-state index is 13.0. The highest BCUT2D eigenvalue weighted by atomic mass is 32.2. The lowest BCUT2D eigenvalue weighted by molar-refractivity contribution is -0.134. The molecule has 4 rings (SSSR count). The van der Waals surface area contributed by atoms with E-state index in [4.69, 9.17) is 0 Å². The molecule has 2 aromatic carbocycles.